The SMILES string of the molecule is C[C@H]1C=C[C@H]2COC(=O)[C@H]2[C@H]1C(=O)O. The molecule has 0 aromatic carbocycles. The predicted octanol–water partition coefficient (Wildman–Crippen LogP) is 0.682. The summed E-state index contributed by atoms with van der Waals surface area (Å²) in [4.78, 5) is 22.4. The predicted molar refractivity (Wildman–Crippen MR) is 47.4 cm³/mol. The van der Waals surface area contributed by atoms with Crippen LogP contribution in [0.3, 0.4) is 0 Å². The summed E-state index contributed by atoms with van der Waals surface area (Å²) < 4.78 is 4.88. The first kappa shape index (κ1) is 9.24. The van der Waals surface area contributed by atoms with Crippen LogP contribution in [0.2, 0.25) is 0 Å². The molecule has 2 aliphatic rings. The normalized spacial score (nSPS) is 40.5. The highest BCUT2D eigenvalue weighted by molar-refractivity contribution is 5.83. The fourth-order valence-electron chi connectivity index (χ4n) is 2.28. The molecule has 0 aromatic heterocycles. The number of hydrogen-bond acceptors (Lipinski definition) is 3. The van der Waals surface area contributed by atoms with Gasteiger partial charge in [-0.2, -0.15) is 0 Å². The molecule has 4 heteroatoms. The maximum Gasteiger partial charge on any atom is 0.310 e. The molecule has 1 fully saturated rings. The van der Waals surface area contributed by atoms with Crippen LogP contribution in [0.1, 0.15) is 6.92 Å². The van der Waals surface area contributed by atoms with E-state index < -0.39 is 17.8 Å². The first-order chi connectivity index (χ1) is 6.61. The molecule has 1 N–H and O–H groups in total. The van der Waals surface area contributed by atoms with Crippen LogP contribution in [-0.4, -0.2) is 23.7 Å². The summed E-state index contributed by atoms with van der Waals surface area (Å²) in [6.45, 7) is 2.15. The van der Waals surface area contributed by atoms with E-state index in [0.717, 1.165) is 0 Å². The van der Waals surface area contributed by atoms with Crippen molar-refractivity contribution < 1.29 is 19.4 Å². The van der Waals surface area contributed by atoms with Gasteiger partial charge in [0.15, 0.2) is 0 Å². The summed E-state index contributed by atoms with van der Waals surface area (Å²) in [6.07, 6.45) is 3.77. The number of carbonyl (C=O) groups is 2. The highest BCUT2D eigenvalue weighted by Gasteiger charge is 2.48. The number of rotatable bonds is 1. The molecule has 2 rings (SSSR count). The van der Waals surface area contributed by atoms with Crippen molar-refractivity contribution in [3.05, 3.63) is 12.2 Å². The highest BCUT2D eigenvalue weighted by Crippen LogP contribution is 2.38. The second-order valence-corrected chi connectivity index (χ2v) is 3.93. The summed E-state index contributed by atoms with van der Waals surface area (Å²) in [5.74, 6) is -2.51. The number of aliphatic carboxylic acids is 1. The van der Waals surface area contributed by atoms with Crippen molar-refractivity contribution in [3.8, 4) is 0 Å². The Morgan fingerprint density at radius 2 is 2.29 bits per heavy atom. The molecule has 1 heterocycles. The maximum atomic E-state index is 11.3. The Morgan fingerprint density at radius 3 is 2.93 bits per heavy atom. The van der Waals surface area contributed by atoms with Gasteiger partial charge in [-0.05, 0) is 5.92 Å². The fourth-order valence-corrected chi connectivity index (χ4v) is 2.28. The monoisotopic (exact) mass is 196 g/mol. The van der Waals surface area contributed by atoms with Crippen LogP contribution >= 0.6 is 0 Å². The Kier molecular flexibility index (Phi) is 2.06. The number of allylic oxidation sites excluding steroid dienone is 1. The minimum absolute atomic E-state index is 0.0419. The van der Waals surface area contributed by atoms with Crippen molar-refractivity contribution in [1.82, 2.24) is 0 Å². The van der Waals surface area contributed by atoms with Gasteiger partial charge in [-0.3, -0.25) is 9.59 Å². The lowest BCUT2D eigenvalue weighted by Gasteiger charge is -2.27. The lowest BCUT2D eigenvalue weighted by Crippen LogP contribution is -2.37. The molecule has 1 aliphatic heterocycles. The van der Waals surface area contributed by atoms with E-state index in [1.165, 1.54) is 0 Å². The summed E-state index contributed by atoms with van der Waals surface area (Å²) >= 11 is 0. The van der Waals surface area contributed by atoms with E-state index in [2.05, 4.69) is 0 Å². The van der Waals surface area contributed by atoms with Crippen LogP contribution in [-0.2, 0) is 14.3 Å². The molecule has 0 unspecified atom stereocenters. The average molecular weight is 196 g/mol. The third kappa shape index (κ3) is 1.22. The van der Waals surface area contributed by atoms with E-state index in [1.807, 2.05) is 19.1 Å². The molecule has 4 atom stereocenters. The van der Waals surface area contributed by atoms with Gasteiger partial charge >= 0.3 is 11.9 Å². The molecular weight excluding hydrogens is 184 g/mol. The zero-order valence-electron chi connectivity index (χ0n) is 7.84. The second-order valence-electron chi connectivity index (χ2n) is 3.93. The molecule has 0 aromatic rings. The topological polar surface area (TPSA) is 63.6 Å². The van der Waals surface area contributed by atoms with Gasteiger partial charge in [0.05, 0.1) is 18.4 Å². The Morgan fingerprint density at radius 1 is 1.57 bits per heavy atom. The third-order valence-corrected chi connectivity index (χ3v) is 3.05. The zero-order valence-corrected chi connectivity index (χ0v) is 7.84. The van der Waals surface area contributed by atoms with Gasteiger partial charge in [-0.1, -0.05) is 19.1 Å². The van der Waals surface area contributed by atoms with Gasteiger partial charge in [0, 0.05) is 5.92 Å². The van der Waals surface area contributed by atoms with E-state index >= 15 is 0 Å². The Bertz CT molecular complexity index is 307. The van der Waals surface area contributed by atoms with Crippen LogP contribution in [0.25, 0.3) is 0 Å². The molecular formula is C10H12O4. The molecule has 0 radical (unpaired) electrons. The second kappa shape index (κ2) is 3.12. The number of hydrogen-bond donors (Lipinski definition) is 1. The highest BCUT2D eigenvalue weighted by atomic mass is 16.5. The number of carboxylic acids is 1. The van der Waals surface area contributed by atoms with Gasteiger partial charge in [0.25, 0.3) is 0 Å². The fraction of sp³-hybridized carbons (Fsp3) is 0.600. The lowest BCUT2D eigenvalue weighted by atomic mass is 9.72. The van der Waals surface area contributed by atoms with Gasteiger partial charge in [-0.25, -0.2) is 0 Å². The van der Waals surface area contributed by atoms with Crippen molar-refractivity contribution in [2.75, 3.05) is 6.61 Å². The van der Waals surface area contributed by atoms with E-state index in [0.29, 0.717) is 6.61 Å². The molecule has 14 heavy (non-hydrogen) atoms. The van der Waals surface area contributed by atoms with Crippen molar-refractivity contribution in [2.45, 2.75) is 6.92 Å². The lowest BCUT2D eigenvalue weighted by molar-refractivity contribution is -0.153. The maximum absolute atomic E-state index is 11.3. The molecule has 76 valence electrons. The first-order valence-corrected chi connectivity index (χ1v) is 4.69. The van der Waals surface area contributed by atoms with E-state index in [-0.39, 0.29) is 17.8 Å². The molecule has 4 nitrogen and oxygen atoms in total. The third-order valence-electron chi connectivity index (χ3n) is 3.05. The van der Waals surface area contributed by atoms with Crippen LogP contribution < -0.4 is 0 Å². The van der Waals surface area contributed by atoms with Crippen LogP contribution in [0, 0.1) is 23.7 Å². The Hall–Kier alpha value is -1.32. The minimum atomic E-state index is -0.907. The standard InChI is InChI=1S/C10H12O4/c1-5-2-3-6-4-14-10(13)8(6)7(5)9(11)12/h2-3,5-8H,4H2,1H3,(H,11,12)/t5-,6-,7-,8+/m0/s1. The minimum Gasteiger partial charge on any atom is -0.481 e. The number of carboxylic acid groups (broad SMARTS) is 1. The number of fused-ring (bicyclic) bond motifs is 1. The number of ether oxygens (including phenoxy) is 1. The van der Waals surface area contributed by atoms with Crippen LogP contribution in [0.5, 0.6) is 0 Å². The van der Waals surface area contributed by atoms with Crippen molar-refractivity contribution in [1.29, 1.82) is 0 Å². The van der Waals surface area contributed by atoms with Gasteiger partial charge in [0.2, 0.25) is 0 Å². The molecule has 1 aliphatic carbocycles. The molecule has 0 amide bonds. The quantitative estimate of drug-likeness (QED) is 0.495. The zero-order chi connectivity index (χ0) is 10.3. The van der Waals surface area contributed by atoms with Crippen molar-refractivity contribution in [3.63, 3.8) is 0 Å². The van der Waals surface area contributed by atoms with Crippen molar-refractivity contribution >= 4 is 11.9 Å². The summed E-state index contributed by atoms with van der Waals surface area (Å²) in [5, 5.41) is 9.03. The smallest absolute Gasteiger partial charge is 0.310 e. The van der Waals surface area contributed by atoms with Gasteiger partial charge in [-0.15, -0.1) is 0 Å². The molecule has 0 bridgehead atoms. The number of carbonyl (C=O) groups excluding carboxylic acids is 1. The summed E-state index contributed by atoms with van der Waals surface area (Å²) in [7, 11) is 0. The van der Waals surface area contributed by atoms with Gasteiger partial charge < -0.3 is 9.84 Å². The average Bonchev–Trinajstić information content (AvgIpc) is 2.47. The van der Waals surface area contributed by atoms with Gasteiger partial charge in [0.1, 0.15) is 0 Å². The number of esters is 1. The van der Waals surface area contributed by atoms with Crippen LogP contribution in [0.4, 0.5) is 0 Å². The van der Waals surface area contributed by atoms with E-state index in [1.54, 1.807) is 0 Å². The summed E-state index contributed by atoms with van der Waals surface area (Å²) in [6, 6.07) is 0. The Labute approximate surface area is 81.6 Å². The first-order valence-electron chi connectivity index (χ1n) is 4.69. The van der Waals surface area contributed by atoms with Crippen molar-refractivity contribution in [2.24, 2.45) is 23.7 Å². The summed E-state index contributed by atoms with van der Waals surface area (Å²) in [5.41, 5.74) is 0. The van der Waals surface area contributed by atoms with E-state index in [9.17, 15) is 9.59 Å². The van der Waals surface area contributed by atoms with Crippen LogP contribution in [0.15, 0.2) is 12.2 Å². The Balaban J connectivity index is 2.33. The molecule has 1 saturated heterocycles. The largest absolute Gasteiger partial charge is 0.481 e. The number of cyclic esters (lactones) is 1. The van der Waals surface area contributed by atoms with E-state index in [4.69, 9.17) is 9.84 Å². The molecule has 0 saturated carbocycles. The molecule has 0 spiro atoms.